The number of thiophene rings is 1. The summed E-state index contributed by atoms with van der Waals surface area (Å²) in [6.07, 6.45) is 5.36. The zero-order valence-corrected chi connectivity index (χ0v) is 11.4. The molecule has 1 amide bonds. The number of hydrogen-bond acceptors (Lipinski definition) is 3. The van der Waals surface area contributed by atoms with Crippen LogP contribution in [0.2, 0.25) is 0 Å². The van der Waals surface area contributed by atoms with Crippen LogP contribution in [0, 0.1) is 12.8 Å². The molecular weight excluding hydrogens is 246 g/mol. The SMILES string of the molecule is Cc1ccc(/C=C/C(=O)N2CCC(CCO)C2)s1. The van der Waals surface area contributed by atoms with E-state index in [4.69, 9.17) is 5.11 Å². The molecule has 1 aliphatic rings. The molecule has 98 valence electrons. The van der Waals surface area contributed by atoms with Gasteiger partial charge >= 0.3 is 0 Å². The van der Waals surface area contributed by atoms with Crippen molar-refractivity contribution in [2.45, 2.75) is 19.8 Å². The van der Waals surface area contributed by atoms with E-state index >= 15 is 0 Å². The summed E-state index contributed by atoms with van der Waals surface area (Å²) in [5, 5.41) is 8.89. The van der Waals surface area contributed by atoms with Crippen LogP contribution in [0.1, 0.15) is 22.6 Å². The molecule has 0 radical (unpaired) electrons. The third-order valence-corrected chi connectivity index (χ3v) is 4.25. The number of hydrogen-bond donors (Lipinski definition) is 1. The summed E-state index contributed by atoms with van der Waals surface area (Å²) < 4.78 is 0. The number of carbonyl (C=O) groups excluding carboxylic acids is 1. The Bertz CT molecular complexity index is 439. The number of carbonyl (C=O) groups is 1. The highest BCUT2D eigenvalue weighted by Gasteiger charge is 2.24. The van der Waals surface area contributed by atoms with Gasteiger partial charge in [0.15, 0.2) is 0 Å². The van der Waals surface area contributed by atoms with E-state index < -0.39 is 0 Å². The Morgan fingerprint density at radius 2 is 2.44 bits per heavy atom. The number of amides is 1. The molecular formula is C14H19NO2S. The fraction of sp³-hybridized carbons (Fsp3) is 0.500. The van der Waals surface area contributed by atoms with Gasteiger partial charge in [-0.2, -0.15) is 0 Å². The molecule has 18 heavy (non-hydrogen) atoms. The third-order valence-electron chi connectivity index (χ3n) is 3.29. The molecule has 1 unspecified atom stereocenters. The first-order valence-corrected chi connectivity index (χ1v) is 7.15. The van der Waals surface area contributed by atoms with Crippen molar-refractivity contribution in [2.75, 3.05) is 19.7 Å². The monoisotopic (exact) mass is 265 g/mol. The van der Waals surface area contributed by atoms with Crippen LogP contribution < -0.4 is 0 Å². The van der Waals surface area contributed by atoms with Gasteiger partial charge in [0.25, 0.3) is 0 Å². The smallest absolute Gasteiger partial charge is 0.246 e. The fourth-order valence-corrected chi connectivity index (χ4v) is 3.03. The predicted molar refractivity (Wildman–Crippen MR) is 74.5 cm³/mol. The van der Waals surface area contributed by atoms with E-state index in [0.717, 1.165) is 30.8 Å². The van der Waals surface area contributed by atoms with Crippen molar-refractivity contribution in [2.24, 2.45) is 5.92 Å². The summed E-state index contributed by atoms with van der Waals surface area (Å²) >= 11 is 1.69. The van der Waals surface area contributed by atoms with E-state index in [0.29, 0.717) is 5.92 Å². The molecule has 1 atom stereocenters. The molecule has 0 saturated carbocycles. The molecule has 1 aliphatic heterocycles. The molecule has 2 heterocycles. The average molecular weight is 265 g/mol. The van der Waals surface area contributed by atoms with Gasteiger partial charge in [0.2, 0.25) is 5.91 Å². The molecule has 1 fully saturated rings. The predicted octanol–water partition coefficient (Wildman–Crippen LogP) is 2.30. The first kappa shape index (κ1) is 13.3. The Kier molecular flexibility index (Phi) is 4.55. The normalized spacial score (nSPS) is 19.9. The Morgan fingerprint density at radius 1 is 1.61 bits per heavy atom. The molecule has 2 rings (SSSR count). The van der Waals surface area contributed by atoms with Gasteiger partial charge in [-0.1, -0.05) is 0 Å². The summed E-state index contributed by atoms with van der Waals surface area (Å²) in [5.74, 6) is 0.554. The van der Waals surface area contributed by atoms with Gasteiger partial charge in [-0.15, -0.1) is 11.3 Å². The zero-order valence-electron chi connectivity index (χ0n) is 10.6. The molecule has 1 saturated heterocycles. The van der Waals surface area contributed by atoms with Gasteiger partial charge < -0.3 is 10.0 Å². The highest BCUT2D eigenvalue weighted by atomic mass is 32.1. The summed E-state index contributed by atoms with van der Waals surface area (Å²) in [7, 11) is 0. The van der Waals surface area contributed by atoms with Crippen molar-refractivity contribution in [3.63, 3.8) is 0 Å². The number of aliphatic hydroxyl groups is 1. The lowest BCUT2D eigenvalue weighted by molar-refractivity contribution is -0.125. The second kappa shape index (κ2) is 6.16. The van der Waals surface area contributed by atoms with Crippen LogP contribution in [0.4, 0.5) is 0 Å². The van der Waals surface area contributed by atoms with E-state index in [1.807, 2.05) is 17.0 Å². The van der Waals surface area contributed by atoms with Gasteiger partial charge in [0.05, 0.1) is 0 Å². The maximum atomic E-state index is 12.0. The van der Waals surface area contributed by atoms with E-state index in [1.165, 1.54) is 4.88 Å². The quantitative estimate of drug-likeness (QED) is 0.849. The minimum Gasteiger partial charge on any atom is -0.396 e. The third kappa shape index (κ3) is 3.43. The summed E-state index contributed by atoms with van der Waals surface area (Å²) in [6, 6.07) is 4.09. The van der Waals surface area contributed by atoms with Gasteiger partial charge in [-0.3, -0.25) is 4.79 Å². The van der Waals surface area contributed by atoms with Crippen molar-refractivity contribution < 1.29 is 9.90 Å². The van der Waals surface area contributed by atoms with Crippen LogP contribution in [0.15, 0.2) is 18.2 Å². The maximum Gasteiger partial charge on any atom is 0.246 e. The van der Waals surface area contributed by atoms with Crippen LogP contribution in [0.25, 0.3) is 6.08 Å². The Labute approximate surface area is 112 Å². The topological polar surface area (TPSA) is 40.5 Å². The highest BCUT2D eigenvalue weighted by molar-refractivity contribution is 7.12. The Hall–Kier alpha value is -1.13. The van der Waals surface area contributed by atoms with Crippen LogP contribution in [-0.2, 0) is 4.79 Å². The summed E-state index contributed by atoms with van der Waals surface area (Å²) in [5.41, 5.74) is 0. The fourth-order valence-electron chi connectivity index (χ4n) is 2.25. The number of aryl methyl sites for hydroxylation is 1. The lowest BCUT2D eigenvalue weighted by atomic mass is 10.1. The largest absolute Gasteiger partial charge is 0.396 e. The molecule has 0 bridgehead atoms. The number of likely N-dealkylation sites (tertiary alicyclic amines) is 1. The van der Waals surface area contributed by atoms with E-state index in [9.17, 15) is 4.79 Å². The Balaban J connectivity index is 1.87. The minimum absolute atomic E-state index is 0.0847. The molecule has 0 aromatic carbocycles. The van der Waals surface area contributed by atoms with Crippen molar-refractivity contribution in [1.82, 2.24) is 4.90 Å². The second-order valence-electron chi connectivity index (χ2n) is 4.73. The van der Waals surface area contributed by atoms with E-state index in [1.54, 1.807) is 17.4 Å². The lowest BCUT2D eigenvalue weighted by Crippen LogP contribution is -2.26. The lowest BCUT2D eigenvalue weighted by Gasteiger charge is -2.13. The zero-order chi connectivity index (χ0) is 13.0. The van der Waals surface area contributed by atoms with E-state index in [2.05, 4.69) is 13.0 Å². The number of nitrogens with zero attached hydrogens (tertiary/aromatic N) is 1. The van der Waals surface area contributed by atoms with Crippen LogP contribution >= 0.6 is 11.3 Å². The highest BCUT2D eigenvalue weighted by Crippen LogP contribution is 2.20. The molecule has 0 aliphatic carbocycles. The second-order valence-corrected chi connectivity index (χ2v) is 6.05. The summed E-state index contributed by atoms with van der Waals surface area (Å²) in [4.78, 5) is 16.2. The van der Waals surface area contributed by atoms with Crippen LogP contribution in [0.5, 0.6) is 0 Å². The van der Waals surface area contributed by atoms with Gasteiger partial charge in [-0.05, 0) is 43.9 Å². The molecule has 1 aromatic heterocycles. The minimum atomic E-state index is 0.0847. The van der Waals surface area contributed by atoms with Crippen molar-refractivity contribution in [3.05, 3.63) is 28.0 Å². The Morgan fingerprint density at radius 3 is 3.11 bits per heavy atom. The van der Waals surface area contributed by atoms with Gasteiger partial charge in [-0.25, -0.2) is 0 Å². The average Bonchev–Trinajstić information content (AvgIpc) is 2.96. The first-order chi connectivity index (χ1) is 8.69. The molecule has 0 spiro atoms. The van der Waals surface area contributed by atoms with Gasteiger partial charge in [0, 0.05) is 35.5 Å². The summed E-state index contributed by atoms with van der Waals surface area (Å²) in [6.45, 7) is 3.88. The first-order valence-electron chi connectivity index (χ1n) is 6.33. The van der Waals surface area contributed by atoms with Crippen LogP contribution in [-0.4, -0.2) is 35.6 Å². The molecule has 1 aromatic rings. The van der Waals surface area contributed by atoms with E-state index in [-0.39, 0.29) is 12.5 Å². The van der Waals surface area contributed by atoms with Crippen molar-refractivity contribution in [1.29, 1.82) is 0 Å². The van der Waals surface area contributed by atoms with Crippen molar-refractivity contribution in [3.8, 4) is 0 Å². The van der Waals surface area contributed by atoms with Crippen molar-refractivity contribution >= 4 is 23.3 Å². The molecule has 1 N–H and O–H groups in total. The van der Waals surface area contributed by atoms with Gasteiger partial charge in [0.1, 0.15) is 0 Å². The van der Waals surface area contributed by atoms with Crippen LogP contribution in [0.3, 0.4) is 0 Å². The number of aliphatic hydroxyl groups excluding tert-OH is 1. The number of rotatable bonds is 4. The molecule has 3 nitrogen and oxygen atoms in total. The maximum absolute atomic E-state index is 12.0. The standard InChI is InChI=1S/C14H19NO2S/c1-11-2-3-13(18-11)4-5-14(17)15-8-6-12(10-15)7-9-16/h2-5,12,16H,6-10H2,1H3/b5-4+. The molecule has 4 heteroatoms.